The first-order valence-electron chi connectivity index (χ1n) is 8.48. The Balaban J connectivity index is 2.08. The molecule has 0 bridgehead atoms. The third-order valence-electron chi connectivity index (χ3n) is 4.11. The van der Waals surface area contributed by atoms with E-state index in [2.05, 4.69) is 4.72 Å². The van der Waals surface area contributed by atoms with E-state index >= 15 is 0 Å². The van der Waals surface area contributed by atoms with Gasteiger partial charge in [0, 0.05) is 0 Å². The molecule has 3 aromatic rings. The Hall–Kier alpha value is -3.46. The number of benzene rings is 3. The smallest absolute Gasteiger partial charge is 0.340 e. The number of carboxylic acid groups (broad SMARTS) is 1. The lowest BCUT2D eigenvalue weighted by Crippen LogP contribution is -2.17. The molecule has 0 saturated carbocycles. The molecule has 29 heavy (non-hydrogen) atoms. The van der Waals surface area contributed by atoms with Gasteiger partial charge in [0.15, 0.2) is 0 Å². The maximum atomic E-state index is 13.9. The number of anilines is 1. The van der Waals surface area contributed by atoms with E-state index in [0.717, 1.165) is 12.1 Å². The highest BCUT2D eigenvalue weighted by atomic mass is 32.2. The number of rotatable bonds is 6. The van der Waals surface area contributed by atoms with E-state index in [1.165, 1.54) is 12.1 Å². The molecule has 0 aromatic heterocycles. The molecule has 0 atom stereocenters. The van der Waals surface area contributed by atoms with Crippen LogP contribution in [0, 0.1) is 5.82 Å². The Labute approximate surface area is 165 Å². The van der Waals surface area contributed by atoms with Crippen molar-refractivity contribution in [3.8, 4) is 0 Å². The highest BCUT2D eigenvalue weighted by molar-refractivity contribution is 7.92. The normalized spacial score (nSPS) is 11.2. The minimum atomic E-state index is -4.31. The first-order chi connectivity index (χ1) is 13.7. The molecule has 0 unspecified atom stereocenters. The molecule has 150 valence electrons. The minimum absolute atomic E-state index is 0.00301. The molecule has 0 aliphatic carbocycles. The summed E-state index contributed by atoms with van der Waals surface area (Å²) in [6.45, 7) is 1.72. The van der Waals surface area contributed by atoms with E-state index in [1.807, 2.05) is 0 Å². The Morgan fingerprint density at radius 2 is 1.69 bits per heavy atom. The van der Waals surface area contributed by atoms with E-state index in [0.29, 0.717) is 16.8 Å². The van der Waals surface area contributed by atoms with Gasteiger partial charge in [0.1, 0.15) is 5.82 Å². The minimum Gasteiger partial charge on any atom is -0.478 e. The van der Waals surface area contributed by atoms with Gasteiger partial charge in [-0.3, -0.25) is 4.72 Å². The first-order valence-corrected chi connectivity index (χ1v) is 9.97. The molecule has 0 amide bonds. The second-order valence-corrected chi connectivity index (χ2v) is 7.70. The van der Waals surface area contributed by atoms with Crippen LogP contribution in [0.2, 0.25) is 0 Å². The average molecular weight is 417 g/mol. The summed E-state index contributed by atoms with van der Waals surface area (Å²) in [4.78, 5) is 22.8. The number of hydrogen-bond donors (Lipinski definition) is 2. The van der Waals surface area contributed by atoms with Gasteiger partial charge in [-0.1, -0.05) is 24.3 Å². The van der Waals surface area contributed by atoms with E-state index in [1.54, 1.807) is 31.2 Å². The molecule has 3 rings (SSSR count). The van der Waals surface area contributed by atoms with E-state index in [4.69, 9.17) is 9.84 Å². The quantitative estimate of drug-likeness (QED) is 0.593. The molecule has 0 aliphatic heterocycles. The fraction of sp³-hybridized carbons (Fsp3) is 0.100. The average Bonchev–Trinajstić information content (AvgIpc) is 2.67. The van der Waals surface area contributed by atoms with Crippen molar-refractivity contribution in [3.63, 3.8) is 0 Å². The van der Waals surface area contributed by atoms with Crippen LogP contribution in [0.15, 0.2) is 59.5 Å². The molecule has 2 N–H and O–H groups in total. The van der Waals surface area contributed by atoms with Crippen LogP contribution in [0.5, 0.6) is 0 Å². The van der Waals surface area contributed by atoms with Gasteiger partial charge < -0.3 is 9.84 Å². The summed E-state index contributed by atoms with van der Waals surface area (Å²) in [5, 5.41) is 10.3. The van der Waals surface area contributed by atoms with Gasteiger partial charge in [-0.25, -0.2) is 22.4 Å². The van der Waals surface area contributed by atoms with Gasteiger partial charge in [-0.2, -0.15) is 0 Å². The van der Waals surface area contributed by atoms with Gasteiger partial charge in [0.25, 0.3) is 10.0 Å². The van der Waals surface area contributed by atoms with Crippen LogP contribution in [0.25, 0.3) is 10.8 Å². The van der Waals surface area contributed by atoms with Crippen LogP contribution < -0.4 is 4.72 Å². The number of ether oxygens (including phenoxy) is 1. The predicted molar refractivity (Wildman–Crippen MR) is 104 cm³/mol. The maximum Gasteiger partial charge on any atom is 0.340 e. The Morgan fingerprint density at radius 1 is 1.03 bits per heavy atom. The Morgan fingerprint density at radius 3 is 2.28 bits per heavy atom. The van der Waals surface area contributed by atoms with Crippen LogP contribution in [0.3, 0.4) is 0 Å². The zero-order chi connectivity index (χ0) is 21.2. The van der Waals surface area contributed by atoms with Gasteiger partial charge in [-0.05, 0) is 48.0 Å². The number of fused-ring (bicyclic) bond motifs is 1. The van der Waals surface area contributed by atoms with Gasteiger partial charge in [-0.15, -0.1) is 0 Å². The summed E-state index contributed by atoms with van der Waals surface area (Å²) in [7, 11) is -4.31. The second kappa shape index (κ2) is 7.88. The van der Waals surface area contributed by atoms with Crippen molar-refractivity contribution in [2.75, 3.05) is 11.3 Å². The SMILES string of the molecule is CCOC(=O)c1cc2ccccc2cc1NS(=O)(=O)c1ccc(C(=O)O)c(F)c1. The lowest BCUT2D eigenvalue weighted by Gasteiger charge is -2.14. The number of halogens is 1. The number of sulfonamides is 1. The number of carboxylic acids is 1. The second-order valence-electron chi connectivity index (χ2n) is 6.02. The fourth-order valence-corrected chi connectivity index (χ4v) is 3.82. The molecule has 0 fully saturated rings. The molecule has 3 aromatic carbocycles. The fourth-order valence-electron chi connectivity index (χ4n) is 2.74. The van der Waals surface area contributed by atoms with Crippen molar-refractivity contribution in [3.05, 3.63) is 71.5 Å². The zero-order valence-electron chi connectivity index (χ0n) is 15.2. The molecular formula is C20H16FNO6S. The molecule has 0 heterocycles. The van der Waals surface area contributed by atoms with Crippen LogP contribution in [-0.2, 0) is 14.8 Å². The van der Waals surface area contributed by atoms with E-state index in [9.17, 15) is 22.4 Å². The molecule has 0 radical (unpaired) electrons. The Bertz CT molecular complexity index is 1220. The summed E-state index contributed by atoms with van der Waals surface area (Å²) in [6, 6.07) is 12.4. The lowest BCUT2D eigenvalue weighted by atomic mass is 10.1. The monoisotopic (exact) mass is 417 g/mol. The van der Waals surface area contributed by atoms with Crippen molar-refractivity contribution < 1.29 is 32.2 Å². The number of aromatic carboxylic acids is 1. The topological polar surface area (TPSA) is 110 Å². The van der Waals surface area contributed by atoms with Crippen LogP contribution >= 0.6 is 0 Å². The molecule has 0 spiro atoms. The number of esters is 1. The molecule has 0 aliphatic rings. The summed E-state index contributed by atoms with van der Waals surface area (Å²) in [5.41, 5.74) is -0.691. The van der Waals surface area contributed by atoms with Crippen molar-refractivity contribution in [1.29, 1.82) is 0 Å². The number of nitrogens with one attached hydrogen (secondary N) is 1. The first kappa shape index (κ1) is 20.3. The molecule has 7 nitrogen and oxygen atoms in total. The molecule has 0 saturated heterocycles. The summed E-state index contributed by atoms with van der Waals surface area (Å²) < 4.78 is 46.7. The Kier molecular flexibility index (Phi) is 5.51. The highest BCUT2D eigenvalue weighted by Gasteiger charge is 2.22. The van der Waals surface area contributed by atoms with Crippen LogP contribution in [-0.4, -0.2) is 32.1 Å². The third-order valence-corrected chi connectivity index (χ3v) is 5.47. The maximum absolute atomic E-state index is 13.9. The molecular weight excluding hydrogens is 401 g/mol. The molecule has 9 heteroatoms. The number of hydrogen-bond acceptors (Lipinski definition) is 5. The van der Waals surface area contributed by atoms with Crippen molar-refractivity contribution >= 4 is 38.4 Å². The standard InChI is InChI=1S/C20H16FNO6S/c1-2-28-20(25)16-9-12-5-3-4-6-13(12)10-18(16)22-29(26,27)14-7-8-15(19(23)24)17(21)11-14/h3-11,22H,2H2,1H3,(H,23,24). The van der Waals surface area contributed by atoms with Crippen molar-refractivity contribution in [2.24, 2.45) is 0 Å². The summed E-state index contributed by atoms with van der Waals surface area (Å²) >= 11 is 0. The third kappa shape index (κ3) is 4.19. The van der Waals surface area contributed by atoms with Crippen molar-refractivity contribution in [2.45, 2.75) is 11.8 Å². The van der Waals surface area contributed by atoms with Crippen LogP contribution in [0.1, 0.15) is 27.6 Å². The van der Waals surface area contributed by atoms with E-state index in [-0.39, 0.29) is 17.9 Å². The zero-order valence-corrected chi connectivity index (χ0v) is 16.0. The van der Waals surface area contributed by atoms with Gasteiger partial charge >= 0.3 is 11.9 Å². The number of carbonyl (C=O) groups excluding carboxylic acids is 1. The highest BCUT2D eigenvalue weighted by Crippen LogP contribution is 2.27. The predicted octanol–water partition coefficient (Wildman–Crippen LogP) is 3.65. The summed E-state index contributed by atoms with van der Waals surface area (Å²) in [5.74, 6) is -3.42. The van der Waals surface area contributed by atoms with Gasteiger partial charge in [0.05, 0.1) is 28.3 Å². The largest absolute Gasteiger partial charge is 0.478 e. The van der Waals surface area contributed by atoms with Gasteiger partial charge in [0.2, 0.25) is 0 Å². The summed E-state index contributed by atoms with van der Waals surface area (Å²) in [6.07, 6.45) is 0. The van der Waals surface area contributed by atoms with Crippen molar-refractivity contribution in [1.82, 2.24) is 0 Å². The van der Waals surface area contributed by atoms with E-state index < -0.39 is 38.2 Å². The van der Waals surface area contributed by atoms with Crippen LogP contribution in [0.4, 0.5) is 10.1 Å². The number of carbonyl (C=O) groups is 2. The lowest BCUT2D eigenvalue weighted by molar-refractivity contribution is 0.0527.